The Balaban J connectivity index is 2.50. The molecule has 1 rings (SSSR count). The molecule has 0 spiro atoms. The van der Waals surface area contributed by atoms with Gasteiger partial charge in [-0.05, 0) is 0 Å². The van der Waals surface area contributed by atoms with Crippen molar-refractivity contribution < 1.29 is 28.6 Å². The van der Waals surface area contributed by atoms with Crippen molar-refractivity contribution in [1.82, 2.24) is 5.32 Å². The molecule has 1 heterocycles. The van der Waals surface area contributed by atoms with Crippen molar-refractivity contribution in [2.24, 2.45) is 0 Å². The van der Waals surface area contributed by atoms with E-state index in [1.807, 2.05) is 5.32 Å². The highest BCUT2D eigenvalue weighted by Crippen LogP contribution is 2.09. The summed E-state index contributed by atoms with van der Waals surface area (Å²) in [6, 6.07) is -1.20. The van der Waals surface area contributed by atoms with Crippen molar-refractivity contribution in [2.75, 3.05) is 0 Å². The molecule has 0 aliphatic carbocycles. The summed E-state index contributed by atoms with van der Waals surface area (Å²) in [6.07, 6.45) is -3.77. The van der Waals surface area contributed by atoms with Crippen LogP contribution in [0.1, 0.15) is 6.42 Å². The molecule has 7 heteroatoms. The predicted molar refractivity (Wildman–Crippen MR) is 35.6 cm³/mol. The maximum Gasteiger partial charge on any atom is 0.415 e. The number of esters is 1. The highest BCUT2D eigenvalue weighted by Gasteiger charge is 2.36. The molecule has 2 N–H and O–H groups in total. The summed E-state index contributed by atoms with van der Waals surface area (Å²) in [5.41, 5.74) is 0. The van der Waals surface area contributed by atoms with Gasteiger partial charge in [0.1, 0.15) is 6.04 Å². The number of cyclic esters (lactones) is 2. The van der Waals surface area contributed by atoms with Crippen molar-refractivity contribution in [3.63, 3.8) is 0 Å². The van der Waals surface area contributed by atoms with Gasteiger partial charge in [0.2, 0.25) is 0 Å². The van der Waals surface area contributed by atoms with Crippen LogP contribution >= 0.6 is 0 Å². The first-order chi connectivity index (χ1) is 6.00. The van der Waals surface area contributed by atoms with Gasteiger partial charge >= 0.3 is 18.0 Å². The third kappa shape index (κ3) is 2.14. The fourth-order valence-electron chi connectivity index (χ4n) is 0.856. The van der Waals surface area contributed by atoms with Crippen molar-refractivity contribution in [1.29, 1.82) is 0 Å². The molecule has 6 nitrogen and oxygen atoms in total. The number of nitrogens with one attached hydrogen (secondary N) is 1. The van der Waals surface area contributed by atoms with Crippen LogP contribution in [0.25, 0.3) is 0 Å². The van der Waals surface area contributed by atoms with Gasteiger partial charge in [-0.1, -0.05) is 0 Å². The van der Waals surface area contributed by atoms with E-state index in [1.54, 1.807) is 0 Å². The van der Waals surface area contributed by atoms with Crippen LogP contribution < -0.4 is 5.32 Å². The largest absolute Gasteiger partial charge is 0.479 e. The number of carboxylic acid groups (broad SMARTS) is 1. The second kappa shape index (κ2) is 3.38. The molecule has 72 valence electrons. The van der Waals surface area contributed by atoms with E-state index in [0.717, 1.165) is 0 Å². The minimum absolute atomic E-state index is 0.611. The number of carbonyl (C=O) groups excluding carboxylic acids is 2. The summed E-state index contributed by atoms with van der Waals surface area (Å²) >= 11 is 0. The minimum atomic E-state index is -2.18. The molecular formula is C6H6FNO5. The Labute approximate surface area is 71.7 Å². The maximum absolute atomic E-state index is 12.5. The molecule has 2 unspecified atom stereocenters. The molecule has 0 saturated carbocycles. The number of amides is 1. The van der Waals surface area contributed by atoms with Crippen molar-refractivity contribution in [3.8, 4) is 0 Å². The van der Waals surface area contributed by atoms with Gasteiger partial charge < -0.3 is 15.2 Å². The molecule has 13 heavy (non-hydrogen) atoms. The number of alkyl halides is 1. The van der Waals surface area contributed by atoms with Crippen LogP contribution in [0.4, 0.5) is 9.18 Å². The molecule has 1 saturated heterocycles. The Morgan fingerprint density at radius 2 is 2.31 bits per heavy atom. The lowest BCUT2D eigenvalue weighted by atomic mass is 10.1. The van der Waals surface area contributed by atoms with Crippen molar-refractivity contribution in [2.45, 2.75) is 18.6 Å². The van der Waals surface area contributed by atoms with Gasteiger partial charge in [-0.15, -0.1) is 0 Å². The first-order valence-corrected chi connectivity index (χ1v) is 3.39. The highest BCUT2D eigenvalue weighted by atomic mass is 19.1. The maximum atomic E-state index is 12.5. The second-order valence-corrected chi connectivity index (χ2v) is 2.45. The molecule has 0 radical (unpaired) electrons. The zero-order valence-corrected chi connectivity index (χ0v) is 6.32. The Morgan fingerprint density at radius 3 is 2.69 bits per heavy atom. The van der Waals surface area contributed by atoms with Crippen molar-refractivity contribution >= 4 is 18.0 Å². The average Bonchev–Trinajstić information content (AvgIpc) is 2.30. The van der Waals surface area contributed by atoms with E-state index in [0.29, 0.717) is 0 Å². The first-order valence-electron chi connectivity index (χ1n) is 3.39. The standard InChI is InChI=1S/C6H6FNO5/c7-2(4(9)10)1-3-5(11)13-6(12)8-3/h2-3H,1H2,(H,8,12)(H,9,10). The molecule has 1 amide bonds. The van der Waals surface area contributed by atoms with Crippen LogP contribution in [-0.2, 0) is 14.3 Å². The summed E-state index contributed by atoms with van der Waals surface area (Å²) in [6.45, 7) is 0. The summed E-state index contributed by atoms with van der Waals surface area (Å²) in [7, 11) is 0. The average molecular weight is 191 g/mol. The lowest BCUT2D eigenvalue weighted by molar-refractivity contribution is -0.143. The number of rotatable bonds is 3. The first kappa shape index (κ1) is 9.43. The van der Waals surface area contributed by atoms with Gasteiger partial charge in [-0.3, -0.25) is 0 Å². The number of aliphatic carboxylic acids is 1. The topological polar surface area (TPSA) is 92.7 Å². The summed E-state index contributed by atoms with van der Waals surface area (Å²) in [5, 5.41) is 10.1. The smallest absolute Gasteiger partial charge is 0.415 e. The van der Waals surface area contributed by atoms with Gasteiger partial charge in [0, 0.05) is 6.42 Å². The van der Waals surface area contributed by atoms with Gasteiger partial charge in [0.25, 0.3) is 0 Å². The molecule has 0 aromatic rings. The lowest BCUT2D eigenvalue weighted by Crippen LogP contribution is -2.33. The Morgan fingerprint density at radius 1 is 1.69 bits per heavy atom. The molecule has 1 fully saturated rings. The quantitative estimate of drug-likeness (QED) is 0.460. The van der Waals surface area contributed by atoms with E-state index < -0.39 is 36.7 Å². The van der Waals surface area contributed by atoms with Crippen LogP contribution in [0.5, 0.6) is 0 Å². The zero-order valence-electron chi connectivity index (χ0n) is 6.32. The van der Waals surface area contributed by atoms with E-state index >= 15 is 0 Å². The molecule has 0 aromatic heterocycles. The number of ether oxygens (including phenoxy) is 1. The molecule has 2 atom stereocenters. The van der Waals surface area contributed by atoms with E-state index in [9.17, 15) is 18.8 Å². The van der Waals surface area contributed by atoms with E-state index in [4.69, 9.17) is 5.11 Å². The van der Waals surface area contributed by atoms with Crippen LogP contribution in [-0.4, -0.2) is 35.4 Å². The van der Waals surface area contributed by atoms with Crippen LogP contribution in [0.15, 0.2) is 0 Å². The summed E-state index contributed by atoms with van der Waals surface area (Å²) in [5.74, 6) is -2.62. The van der Waals surface area contributed by atoms with Gasteiger partial charge in [0.15, 0.2) is 6.17 Å². The van der Waals surface area contributed by atoms with Gasteiger partial charge in [-0.2, -0.15) is 0 Å². The molecule has 1 aliphatic heterocycles. The van der Waals surface area contributed by atoms with Crippen LogP contribution in [0, 0.1) is 0 Å². The number of carbonyl (C=O) groups is 3. The Kier molecular flexibility index (Phi) is 2.45. The molecule has 1 aliphatic rings. The normalized spacial score (nSPS) is 23.6. The van der Waals surface area contributed by atoms with Crippen LogP contribution in [0.2, 0.25) is 0 Å². The third-order valence-corrected chi connectivity index (χ3v) is 1.48. The molecular weight excluding hydrogens is 185 g/mol. The van der Waals surface area contributed by atoms with E-state index in [2.05, 4.69) is 4.74 Å². The number of carboxylic acids is 1. The fourth-order valence-corrected chi connectivity index (χ4v) is 0.856. The number of hydrogen-bond acceptors (Lipinski definition) is 4. The lowest BCUT2D eigenvalue weighted by Gasteiger charge is -2.05. The van der Waals surface area contributed by atoms with E-state index in [1.165, 1.54) is 0 Å². The molecule has 0 bridgehead atoms. The third-order valence-electron chi connectivity index (χ3n) is 1.48. The number of alkyl carbamates (subject to hydrolysis) is 1. The molecule has 0 aromatic carbocycles. The Bertz CT molecular complexity index is 266. The summed E-state index contributed by atoms with van der Waals surface area (Å²) < 4.78 is 16.5. The van der Waals surface area contributed by atoms with Crippen molar-refractivity contribution in [3.05, 3.63) is 0 Å². The van der Waals surface area contributed by atoms with Gasteiger partial charge in [-0.25, -0.2) is 18.8 Å². The van der Waals surface area contributed by atoms with Crippen LogP contribution in [0.3, 0.4) is 0 Å². The van der Waals surface area contributed by atoms with E-state index in [-0.39, 0.29) is 0 Å². The number of hydrogen-bond donors (Lipinski definition) is 2. The predicted octanol–water partition coefficient (Wildman–Crippen LogP) is -0.566. The Hall–Kier alpha value is -1.66. The monoisotopic (exact) mass is 191 g/mol. The second-order valence-electron chi connectivity index (χ2n) is 2.45. The highest BCUT2D eigenvalue weighted by molar-refractivity contribution is 5.95. The zero-order chi connectivity index (χ0) is 10.0. The number of halogens is 1. The minimum Gasteiger partial charge on any atom is -0.479 e. The van der Waals surface area contributed by atoms with Gasteiger partial charge in [0.05, 0.1) is 0 Å². The fraction of sp³-hybridized carbons (Fsp3) is 0.500. The summed E-state index contributed by atoms with van der Waals surface area (Å²) in [4.78, 5) is 31.1. The SMILES string of the molecule is O=C1NC(CC(F)C(=O)O)C(=O)O1.